The minimum atomic E-state index is 0.227. The fraction of sp³-hybridized carbons (Fsp3) is 0.222. The first-order valence-corrected chi connectivity index (χ1v) is 7.23. The van der Waals surface area contributed by atoms with Gasteiger partial charge in [0, 0.05) is 12.1 Å². The van der Waals surface area contributed by atoms with Crippen molar-refractivity contribution in [2.75, 3.05) is 6.61 Å². The van der Waals surface area contributed by atoms with E-state index in [4.69, 9.17) is 10.6 Å². The Bertz CT molecular complexity index is 591. The number of nitrogens with two attached hydrogens (primary N) is 1. The van der Waals surface area contributed by atoms with Gasteiger partial charge in [0.2, 0.25) is 0 Å². The van der Waals surface area contributed by atoms with Crippen LogP contribution in [0.1, 0.15) is 11.1 Å². The lowest BCUT2D eigenvalue weighted by molar-refractivity contribution is 0.338. The molecule has 1 fully saturated rings. The van der Waals surface area contributed by atoms with E-state index in [0.29, 0.717) is 6.54 Å². The molecule has 1 atom stereocenters. The molecule has 2 aromatic rings. The molecule has 0 radical (unpaired) electrons. The number of allylic oxidation sites excluding steroid dienone is 1. The maximum Gasteiger partial charge on any atom is 0.101 e. The van der Waals surface area contributed by atoms with Crippen molar-refractivity contribution in [3.63, 3.8) is 0 Å². The van der Waals surface area contributed by atoms with Gasteiger partial charge in [0.05, 0.1) is 13.2 Å². The van der Waals surface area contributed by atoms with E-state index in [1.165, 1.54) is 11.1 Å². The Hall–Kier alpha value is -2.10. The van der Waals surface area contributed by atoms with Gasteiger partial charge in [0.15, 0.2) is 0 Å². The molecule has 1 heterocycles. The highest BCUT2D eigenvalue weighted by Gasteiger charge is 2.21. The summed E-state index contributed by atoms with van der Waals surface area (Å²) in [6.07, 6.45) is 3.19. The smallest absolute Gasteiger partial charge is 0.101 e. The van der Waals surface area contributed by atoms with Crippen molar-refractivity contribution in [1.29, 1.82) is 0 Å². The van der Waals surface area contributed by atoms with E-state index < -0.39 is 0 Å². The molecule has 21 heavy (non-hydrogen) atoms. The molecule has 1 unspecified atom stereocenters. The highest BCUT2D eigenvalue weighted by molar-refractivity contribution is 5.23. The number of epoxide rings is 1. The molecular weight excluding hydrogens is 260 g/mol. The van der Waals surface area contributed by atoms with Gasteiger partial charge in [-0.15, -0.1) is 0 Å². The van der Waals surface area contributed by atoms with Crippen LogP contribution in [0.3, 0.4) is 0 Å². The summed E-state index contributed by atoms with van der Waals surface area (Å²) in [5, 5.41) is 1.82. The average molecular weight is 280 g/mol. The first kappa shape index (κ1) is 13.9. The number of hydrazine groups is 1. The predicted octanol–water partition coefficient (Wildman–Crippen LogP) is 2.89. The largest absolute Gasteiger partial charge is 0.369 e. The molecule has 108 valence electrons. The second-order valence-electron chi connectivity index (χ2n) is 5.31. The average Bonchev–Trinajstić information content (AvgIpc) is 3.33. The van der Waals surface area contributed by atoms with Crippen molar-refractivity contribution in [3.8, 4) is 0 Å². The van der Waals surface area contributed by atoms with Crippen LogP contribution in [-0.4, -0.2) is 17.7 Å². The van der Waals surface area contributed by atoms with Gasteiger partial charge in [-0.1, -0.05) is 60.7 Å². The van der Waals surface area contributed by atoms with Gasteiger partial charge in [0.1, 0.15) is 6.10 Å². The van der Waals surface area contributed by atoms with E-state index in [1.54, 1.807) is 0 Å². The number of nitrogens with zero attached hydrogens (tertiary/aromatic N) is 1. The van der Waals surface area contributed by atoms with Crippen molar-refractivity contribution in [3.05, 3.63) is 83.6 Å². The van der Waals surface area contributed by atoms with Crippen molar-refractivity contribution >= 4 is 0 Å². The number of rotatable bonds is 6. The normalized spacial score (nSPS) is 17.6. The molecule has 0 bridgehead atoms. The molecular formula is C18H20N2O. The van der Waals surface area contributed by atoms with E-state index in [1.807, 2.05) is 29.3 Å². The van der Waals surface area contributed by atoms with Crippen LogP contribution >= 0.6 is 0 Å². The van der Waals surface area contributed by atoms with Gasteiger partial charge in [-0.05, 0) is 17.2 Å². The Kier molecular flexibility index (Phi) is 4.34. The maximum atomic E-state index is 6.28. The van der Waals surface area contributed by atoms with Crippen LogP contribution in [-0.2, 0) is 17.7 Å². The van der Waals surface area contributed by atoms with Gasteiger partial charge in [-0.25, -0.2) is 5.84 Å². The van der Waals surface area contributed by atoms with Crippen LogP contribution in [0, 0.1) is 0 Å². The third kappa shape index (κ3) is 4.18. The third-order valence-corrected chi connectivity index (χ3v) is 3.53. The lowest BCUT2D eigenvalue weighted by atomic mass is 10.1. The molecule has 2 N–H and O–H groups in total. The van der Waals surface area contributed by atoms with Crippen LogP contribution in [0.2, 0.25) is 0 Å². The number of ether oxygens (including phenoxy) is 1. The standard InChI is InChI=1S/C18H20N2O/c19-20(13-16-9-5-2-6-10-16)17(12-18-14-21-18)11-15-7-3-1-4-8-15/h1-10,12,18H,11,13-14,19H2. The molecule has 3 nitrogen and oxygen atoms in total. The fourth-order valence-electron chi connectivity index (χ4n) is 2.31. The second kappa shape index (κ2) is 6.57. The molecule has 0 aromatic heterocycles. The van der Waals surface area contributed by atoms with Crippen molar-refractivity contribution < 1.29 is 4.74 Å². The lowest BCUT2D eigenvalue weighted by Gasteiger charge is -2.22. The first-order chi connectivity index (χ1) is 10.3. The molecule has 1 aliphatic rings. The summed E-state index contributed by atoms with van der Waals surface area (Å²) in [7, 11) is 0. The highest BCUT2D eigenvalue weighted by atomic mass is 16.6. The van der Waals surface area contributed by atoms with E-state index in [2.05, 4.69) is 42.5 Å². The number of hydrogen-bond donors (Lipinski definition) is 1. The Morgan fingerprint density at radius 2 is 1.62 bits per heavy atom. The van der Waals surface area contributed by atoms with E-state index in [-0.39, 0.29) is 6.10 Å². The van der Waals surface area contributed by atoms with Crippen LogP contribution in [0.5, 0.6) is 0 Å². The molecule has 3 rings (SSSR count). The van der Waals surface area contributed by atoms with Crippen molar-refractivity contribution in [1.82, 2.24) is 5.01 Å². The molecule has 2 aromatic carbocycles. The Morgan fingerprint density at radius 3 is 2.19 bits per heavy atom. The van der Waals surface area contributed by atoms with Crippen LogP contribution < -0.4 is 5.84 Å². The SMILES string of the molecule is NN(Cc1ccccc1)C(=CC1CO1)Cc1ccccc1. The predicted molar refractivity (Wildman–Crippen MR) is 84.1 cm³/mol. The van der Waals surface area contributed by atoms with Gasteiger partial charge < -0.3 is 9.75 Å². The summed E-state index contributed by atoms with van der Waals surface area (Å²) in [5.74, 6) is 6.28. The number of hydrogen-bond acceptors (Lipinski definition) is 3. The van der Waals surface area contributed by atoms with Gasteiger partial charge >= 0.3 is 0 Å². The highest BCUT2D eigenvalue weighted by Crippen LogP contribution is 2.19. The third-order valence-electron chi connectivity index (χ3n) is 3.53. The summed E-state index contributed by atoms with van der Waals surface area (Å²) in [4.78, 5) is 0. The molecule has 1 saturated heterocycles. The summed E-state index contributed by atoms with van der Waals surface area (Å²) < 4.78 is 5.32. The maximum absolute atomic E-state index is 6.28. The Labute approximate surface area is 125 Å². The van der Waals surface area contributed by atoms with E-state index in [9.17, 15) is 0 Å². The molecule has 0 amide bonds. The quantitative estimate of drug-likeness (QED) is 0.502. The van der Waals surface area contributed by atoms with Crippen LogP contribution in [0.4, 0.5) is 0 Å². The molecule has 0 saturated carbocycles. The van der Waals surface area contributed by atoms with E-state index in [0.717, 1.165) is 18.7 Å². The minimum absolute atomic E-state index is 0.227. The fourth-order valence-corrected chi connectivity index (χ4v) is 2.31. The van der Waals surface area contributed by atoms with Crippen molar-refractivity contribution in [2.24, 2.45) is 5.84 Å². The minimum Gasteiger partial charge on any atom is -0.369 e. The summed E-state index contributed by atoms with van der Waals surface area (Å²) >= 11 is 0. The summed E-state index contributed by atoms with van der Waals surface area (Å²) in [6.45, 7) is 1.50. The second-order valence-corrected chi connectivity index (χ2v) is 5.31. The van der Waals surface area contributed by atoms with Crippen LogP contribution in [0.25, 0.3) is 0 Å². The zero-order valence-corrected chi connectivity index (χ0v) is 12.0. The Morgan fingerprint density at radius 1 is 1.05 bits per heavy atom. The zero-order chi connectivity index (χ0) is 14.5. The van der Waals surface area contributed by atoms with Gasteiger partial charge in [-0.3, -0.25) is 0 Å². The monoisotopic (exact) mass is 280 g/mol. The topological polar surface area (TPSA) is 41.8 Å². The zero-order valence-electron chi connectivity index (χ0n) is 12.0. The molecule has 0 spiro atoms. The lowest BCUT2D eigenvalue weighted by Crippen LogP contribution is -2.31. The summed E-state index contributed by atoms with van der Waals surface area (Å²) in [6, 6.07) is 20.7. The van der Waals surface area contributed by atoms with Gasteiger partial charge in [-0.2, -0.15) is 0 Å². The van der Waals surface area contributed by atoms with Gasteiger partial charge in [0.25, 0.3) is 0 Å². The molecule has 3 heteroatoms. The number of benzene rings is 2. The van der Waals surface area contributed by atoms with Crippen LogP contribution in [0.15, 0.2) is 72.4 Å². The first-order valence-electron chi connectivity index (χ1n) is 7.23. The molecule has 0 aliphatic carbocycles. The van der Waals surface area contributed by atoms with E-state index >= 15 is 0 Å². The Balaban J connectivity index is 1.73. The molecule has 1 aliphatic heterocycles. The van der Waals surface area contributed by atoms with Crippen molar-refractivity contribution in [2.45, 2.75) is 19.1 Å². The summed E-state index contributed by atoms with van der Waals surface area (Å²) in [5.41, 5.74) is 3.57.